The summed E-state index contributed by atoms with van der Waals surface area (Å²) in [7, 11) is 0. The normalized spacial score (nSPS) is 27.0. The van der Waals surface area contributed by atoms with Crippen LogP contribution in [0.2, 0.25) is 0 Å². The fourth-order valence-electron chi connectivity index (χ4n) is 7.76. The predicted octanol–water partition coefficient (Wildman–Crippen LogP) is 8.57. The Bertz CT molecular complexity index is 1800. The van der Waals surface area contributed by atoms with Crippen molar-refractivity contribution in [3.63, 3.8) is 0 Å². The molecule has 0 unspecified atom stereocenters. The Morgan fingerprint density at radius 1 is 0.581 bits per heavy atom. The summed E-state index contributed by atoms with van der Waals surface area (Å²) in [5.74, 6) is -0.193. The molecule has 1 N–H and O–H groups in total. The Balaban J connectivity index is 1.48. The molecule has 43 heavy (non-hydrogen) atoms. The molecule has 1 aliphatic carbocycles. The molecule has 0 radical (unpaired) electrons. The van der Waals surface area contributed by atoms with Gasteiger partial charge >= 0.3 is 0 Å². The molecular formula is C41H32O2. The first kappa shape index (κ1) is 25.9. The monoisotopic (exact) mass is 556 g/mol. The Labute approximate surface area is 252 Å². The van der Waals surface area contributed by atoms with Crippen LogP contribution in [0.25, 0.3) is 11.1 Å². The Kier molecular flexibility index (Phi) is 6.15. The van der Waals surface area contributed by atoms with Gasteiger partial charge in [-0.15, -0.1) is 0 Å². The maximum absolute atomic E-state index is 12.5. The number of benzene rings is 5. The molecule has 2 aliphatic heterocycles. The number of aliphatic hydroxyl groups excluding tert-OH is 1. The highest BCUT2D eigenvalue weighted by molar-refractivity contribution is 5.86. The summed E-state index contributed by atoms with van der Waals surface area (Å²) in [6.45, 7) is 0. The summed E-state index contributed by atoms with van der Waals surface area (Å²) < 4.78 is 7.52. The summed E-state index contributed by atoms with van der Waals surface area (Å²) in [6, 6.07) is 52.6. The second-order valence-corrected chi connectivity index (χ2v) is 11.7. The van der Waals surface area contributed by atoms with E-state index < -0.39 is 17.3 Å². The summed E-state index contributed by atoms with van der Waals surface area (Å²) >= 11 is 0. The molecule has 5 aromatic rings. The molecule has 208 valence electrons. The second kappa shape index (κ2) is 10.2. The van der Waals surface area contributed by atoms with E-state index in [9.17, 15) is 5.11 Å². The van der Waals surface area contributed by atoms with E-state index in [1.165, 1.54) is 22.3 Å². The van der Waals surface area contributed by atoms with E-state index in [2.05, 4.69) is 133 Å². The standard InChI is InChI=1S/C41H32O2/c42-39-35(29-16-6-1-7-17-29)28-40(32-22-12-4-13-23-32)38-34(26-27-36(38)41(39,43-40)33-24-14-5-15-25-33)37(30-18-8-2-9-19-30)31-20-10-3-11-21-31/h1-28,36,38-39,42H/t36-,38+,39-,40-,41+/m0/s1. The molecule has 2 heterocycles. The summed E-state index contributed by atoms with van der Waals surface area (Å²) in [6.07, 6.45) is 5.96. The van der Waals surface area contributed by atoms with E-state index in [4.69, 9.17) is 4.74 Å². The third-order valence-electron chi connectivity index (χ3n) is 9.51. The Morgan fingerprint density at radius 3 is 1.63 bits per heavy atom. The molecule has 2 heteroatoms. The van der Waals surface area contributed by atoms with E-state index >= 15 is 0 Å². The molecule has 0 aromatic heterocycles. The average molecular weight is 557 g/mol. The van der Waals surface area contributed by atoms with Crippen LogP contribution in [0.3, 0.4) is 0 Å². The van der Waals surface area contributed by atoms with Gasteiger partial charge in [0.05, 0.1) is 0 Å². The van der Waals surface area contributed by atoms with E-state index in [0.29, 0.717) is 0 Å². The van der Waals surface area contributed by atoms with Gasteiger partial charge in [-0.1, -0.05) is 164 Å². The van der Waals surface area contributed by atoms with Crippen molar-refractivity contribution in [1.29, 1.82) is 0 Å². The molecule has 5 aromatic carbocycles. The van der Waals surface area contributed by atoms with Crippen molar-refractivity contribution in [3.8, 4) is 0 Å². The van der Waals surface area contributed by atoms with Crippen LogP contribution in [-0.2, 0) is 15.9 Å². The van der Waals surface area contributed by atoms with Gasteiger partial charge in [-0.25, -0.2) is 0 Å². The quantitative estimate of drug-likeness (QED) is 0.235. The lowest BCUT2D eigenvalue weighted by Crippen LogP contribution is -2.48. The maximum Gasteiger partial charge on any atom is 0.132 e. The van der Waals surface area contributed by atoms with E-state index in [1.54, 1.807) is 0 Å². The minimum atomic E-state index is -0.988. The van der Waals surface area contributed by atoms with Crippen LogP contribution >= 0.6 is 0 Å². The molecule has 3 aliphatic rings. The fraction of sp³-hybridized carbons (Fsp3) is 0.122. The molecule has 1 saturated heterocycles. The zero-order valence-corrected chi connectivity index (χ0v) is 23.8. The highest BCUT2D eigenvalue weighted by Crippen LogP contribution is 2.68. The number of fused-ring (bicyclic) bond motifs is 5. The first-order valence-electron chi connectivity index (χ1n) is 15.0. The van der Waals surface area contributed by atoms with Crippen LogP contribution < -0.4 is 0 Å². The third kappa shape index (κ3) is 3.88. The number of ether oxygens (including phenoxy) is 1. The minimum absolute atomic E-state index is 0.0821. The van der Waals surface area contributed by atoms with Crippen molar-refractivity contribution >= 4 is 11.1 Å². The van der Waals surface area contributed by atoms with Crippen LogP contribution in [0, 0.1) is 11.8 Å². The molecule has 1 fully saturated rings. The molecule has 0 saturated carbocycles. The van der Waals surface area contributed by atoms with Gasteiger partial charge in [0.15, 0.2) is 0 Å². The first-order chi connectivity index (χ1) is 21.2. The van der Waals surface area contributed by atoms with Gasteiger partial charge < -0.3 is 9.84 Å². The highest BCUT2D eigenvalue weighted by Gasteiger charge is 2.69. The van der Waals surface area contributed by atoms with Crippen molar-refractivity contribution in [2.24, 2.45) is 11.8 Å². The van der Waals surface area contributed by atoms with Gasteiger partial charge in [-0.05, 0) is 50.6 Å². The van der Waals surface area contributed by atoms with E-state index in [1.807, 2.05) is 36.4 Å². The highest BCUT2D eigenvalue weighted by atomic mass is 16.5. The maximum atomic E-state index is 12.5. The van der Waals surface area contributed by atoms with Crippen molar-refractivity contribution in [2.75, 3.05) is 0 Å². The van der Waals surface area contributed by atoms with Crippen molar-refractivity contribution in [2.45, 2.75) is 17.3 Å². The molecule has 0 spiro atoms. The summed E-state index contributed by atoms with van der Waals surface area (Å²) in [5, 5.41) is 12.5. The molecule has 2 bridgehead atoms. The lowest BCUT2D eigenvalue weighted by Gasteiger charge is -2.45. The summed E-state index contributed by atoms with van der Waals surface area (Å²) in [4.78, 5) is 0. The van der Waals surface area contributed by atoms with Crippen LogP contribution in [0.15, 0.2) is 175 Å². The smallest absolute Gasteiger partial charge is 0.132 e. The molecule has 5 atom stereocenters. The average Bonchev–Trinajstić information content (AvgIpc) is 3.63. The summed E-state index contributed by atoms with van der Waals surface area (Å²) in [5.41, 5.74) is 6.94. The van der Waals surface area contributed by atoms with Crippen molar-refractivity contribution < 1.29 is 9.84 Å². The number of aliphatic hydroxyl groups is 1. The first-order valence-corrected chi connectivity index (χ1v) is 15.0. The second-order valence-electron chi connectivity index (χ2n) is 11.7. The number of hydrogen-bond donors (Lipinski definition) is 1. The number of hydrogen-bond acceptors (Lipinski definition) is 2. The third-order valence-corrected chi connectivity index (χ3v) is 9.51. The zero-order chi connectivity index (χ0) is 28.9. The fourth-order valence-corrected chi connectivity index (χ4v) is 7.76. The van der Waals surface area contributed by atoms with Gasteiger partial charge in [-0.2, -0.15) is 0 Å². The SMILES string of the molecule is O[C@H]1C(c2ccccc2)=C[C@@]2(c3ccccc3)O[C@]1(c1ccccc1)[C@H]1C=CC(=C(c3ccccc3)c3ccccc3)[C@H]12. The predicted molar refractivity (Wildman–Crippen MR) is 173 cm³/mol. The number of rotatable bonds is 5. The minimum Gasteiger partial charge on any atom is -0.385 e. The van der Waals surface area contributed by atoms with Gasteiger partial charge in [0, 0.05) is 11.8 Å². The molecule has 2 nitrogen and oxygen atoms in total. The van der Waals surface area contributed by atoms with Crippen LogP contribution in [0.4, 0.5) is 0 Å². The Morgan fingerprint density at radius 2 is 1.07 bits per heavy atom. The van der Waals surface area contributed by atoms with Crippen molar-refractivity contribution in [3.05, 3.63) is 203 Å². The van der Waals surface area contributed by atoms with Gasteiger partial charge in [-0.3, -0.25) is 0 Å². The van der Waals surface area contributed by atoms with Gasteiger partial charge in [0.1, 0.15) is 17.3 Å². The Hall–Kier alpha value is -4.76. The van der Waals surface area contributed by atoms with Crippen molar-refractivity contribution in [1.82, 2.24) is 0 Å². The van der Waals surface area contributed by atoms with E-state index in [-0.39, 0.29) is 11.8 Å². The van der Waals surface area contributed by atoms with Gasteiger partial charge in [0.2, 0.25) is 0 Å². The molecule has 8 rings (SSSR count). The number of allylic oxidation sites excluding steroid dienone is 1. The van der Waals surface area contributed by atoms with Crippen LogP contribution in [0.1, 0.15) is 27.8 Å². The molecular weight excluding hydrogens is 524 g/mol. The van der Waals surface area contributed by atoms with Crippen LogP contribution in [-0.4, -0.2) is 11.2 Å². The lowest BCUT2D eigenvalue weighted by atomic mass is 9.70. The van der Waals surface area contributed by atoms with Gasteiger partial charge in [0.25, 0.3) is 0 Å². The van der Waals surface area contributed by atoms with E-state index in [0.717, 1.165) is 22.3 Å². The lowest BCUT2D eigenvalue weighted by molar-refractivity contribution is -0.153. The topological polar surface area (TPSA) is 29.5 Å². The molecule has 0 amide bonds. The zero-order valence-electron chi connectivity index (χ0n) is 23.8. The van der Waals surface area contributed by atoms with Crippen LogP contribution in [0.5, 0.6) is 0 Å². The largest absolute Gasteiger partial charge is 0.385 e.